The smallest absolute Gasteiger partial charge is 0.321 e. The highest BCUT2D eigenvalue weighted by molar-refractivity contribution is 7.99. The number of carboxylic acid groups (broad SMARTS) is 1. The van der Waals surface area contributed by atoms with E-state index in [1.165, 1.54) is 12.1 Å². The number of rotatable bonds is 4. The summed E-state index contributed by atoms with van der Waals surface area (Å²) in [6.45, 7) is 0.639. The molecule has 6 heteroatoms. The zero-order valence-electron chi connectivity index (χ0n) is 13.4. The van der Waals surface area contributed by atoms with Crippen molar-refractivity contribution in [3.63, 3.8) is 0 Å². The molecule has 1 aromatic heterocycles. The van der Waals surface area contributed by atoms with E-state index in [1.54, 1.807) is 23.9 Å². The van der Waals surface area contributed by atoms with E-state index in [9.17, 15) is 14.3 Å². The van der Waals surface area contributed by atoms with Crippen LogP contribution in [0.15, 0.2) is 54.7 Å². The van der Waals surface area contributed by atoms with Crippen molar-refractivity contribution in [3.05, 3.63) is 71.7 Å². The number of hydrogen-bond acceptors (Lipinski definition) is 3. The van der Waals surface area contributed by atoms with Crippen LogP contribution in [-0.2, 0) is 11.3 Å². The van der Waals surface area contributed by atoms with Crippen LogP contribution in [0.1, 0.15) is 16.5 Å². The normalized spacial score (nSPS) is 20.2. The topological polar surface area (TPSA) is 54.3 Å². The Morgan fingerprint density at radius 2 is 2.00 bits per heavy atom. The molecule has 2 aromatic carbocycles. The standard InChI is InChI=1S/C19H17FN2O2S/c20-13-7-5-12(6-8-13)9-22-10-15(14-3-1-2-4-17(14)22)18-21-16(11-25-18)19(23)24/h1-8,10,16,18,21H,9,11H2,(H,23,24)/t16-,18-/m1/s1. The molecule has 3 aromatic rings. The number of aromatic nitrogens is 1. The molecule has 4 nitrogen and oxygen atoms in total. The number of halogens is 1. The predicted octanol–water partition coefficient (Wildman–Crippen LogP) is 3.62. The minimum Gasteiger partial charge on any atom is -0.480 e. The van der Waals surface area contributed by atoms with Gasteiger partial charge in [-0.15, -0.1) is 11.8 Å². The van der Waals surface area contributed by atoms with Crippen LogP contribution < -0.4 is 5.32 Å². The zero-order valence-corrected chi connectivity index (χ0v) is 14.2. The second kappa shape index (κ2) is 6.54. The quantitative estimate of drug-likeness (QED) is 0.750. The summed E-state index contributed by atoms with van der Waals surface area (Å²) < 4.78 is 15.3. The number of aliphatic carboxylic acids is 1. The molecule has 4 rings (SSSR count). The summed E-state index contributed by atoms with van der Waals surface area (Å²) in [6.07, 6.45) is 2.07. The third-order valence-electron chi connectivity index (χ3n) is 4.45. The van der Waals surface area contributed by atoms with Crippen molar-refractivity contribution >= 4 is 28.6 Å². The Morgan fingerprint density at radius 3 is 2.72 bits per heavy atom. The lowest BCUT2D eigenvalue weighted by Crippen LogP contribution is -2.33. The first kappa shape index (κ1) is 16.2. The summed E-state index contributed by atoms with van der Waals surface area (Å²) in [5.41, 5.74) is 3.19. The second-order valence-corrected chi connectivity index (χ2v) is 7.26. The molecule has 1 saturated heterocycles. The summed E-state index contributed by atoms with van der Waals surface area (Å²) in [4.78, 5) is 11.2. The first-order chi connectivity index (χ1) is 12.1. The zero-order chi connectivity index (χ0) is 17.4. The Bertz CT molecular complexity index is 923. The summed E-state index contributed by atoms with van der Waals surface area (Å²) in [5.74, 6) is -0.504. The van der Waals surface area contributed by atoms with Crippen LogP contribution >= 0.6 is 11.8 Å². The van der Waals surface area contributed by atoms with Crippen LogP contribution in [0.4, 0.5) is 4.39 Å². The van der Waals surface area contributed by atoms with Crippen LogP contribution in [0, 0.1) is 5.82 Å². The number of fused-ring (bicyclic) bond motifs is 1. The second-order valence-electron chi connectivity index (χ2n) is 6.13. The molecule has 0 radical (unpaired) electrons. The number of benzene rings is 2. The van der Waals surface area contributed by atoms with Crippen LogP contribution in [0.3, 0.4) is 0 Å². The first-order valence-electron chi connectivity index (χ1n) is 8.04. The van der Waals surface area contributed by atoms with E-state index < -0.39 is 12.0 Å². The average Bonchev–Trinajstić information content (AvgIpc) is 3.22. The fourth-order valence-electron chi connectivity index (χ4n) is 3.19. The highest BCUT2D eigenvalue weighted by Gasteiger charge is 2.31. The number of para-hydroxylation sites is 1. The molecule has 128 valence electrons. The Hall–Kier alpha value is -2.31. The van der Waals surface area contributed by atoms with Crippen molar-refractivity contribution in [1.29, 1.82) is 0 Å². The number of nitrogens with zero attached hydrogens (tertiary/aromatic N) is 1. The average molecular weight is 356 g/mol. The van der Waals surface area contributed by atoms with Gasteiger partial charge >= 0.3 is 5.97 Å². The first-order valence-corrected chi connectivity index (χ1v) is 9.09. The van der Waals surface area contributed by atoms with Gasteiger partial charge in [0.05, 0.1) is 5.37 Å². The van der Waals surface area contributed by atoms with Crippen LogP contribution in [-0.4, -0.2) is 27.4 Å². The van der Waals surface area contributed by atoms with Crippen LogP contribution in [0.25, 0.3) is 10.9 Å². The lowest BCUT2D eigenvalue weighted by atomic mass is 10.1. The largest absolute Gasteiger partial charge is 0.480 e. The molecular weight excluding hydrogens is 339 g/mol. The molecule has 2 heterocycles. The fourth-order valence-corrected chi connectivity index (χ4v) is 4.45. The van der Waals surface area contributed by atoms with E-state index in [-0.39, 0.29) is 11.2 Å². The monoisotopic (exact) mass is 356 g/mol. The SMILES string of the molecule is O=C(O)[C@H]1CS[C@H](c2cn(Cc3ccc(F)cc3)c3ccccc23)N1. The third-order valence-corrected chi connectivity index (χ3v) is 5.70. The molecule has 1 aliphatic heterocycles. The number of carbonyl (C=O) groups is 1. The maximum absolute atomic E-state index is 13.1. The van der Waals surface area contributed by atoms with Gasteiger partial charge in [-0.3, -0.25) is 10.1 Å². The highest BCUT2D eigenvalue weighted by Crippen LogP contribution is 2.37. The van der Waals surface area contributed by atoms with Gasteiger partial charge in [0, 0.05) is 35.0 Å². The summed E-state index contributed by atoms with van der Waals surface area (Å²) in [6, 6.07) is 14.1. The van der Waals surface area contributed by atoms with Gasteiger partial charge < -0.3 is 9.67 Å². The summed E-state index contributed by atoms with van der Waals surface area (Å²) in [7, 11) is 0. The molecule has 1 fully saturated rings. The van der Waals surface area contributed by atoms with E-state index in [2.05, 4.69) is 28.2 Å². The molecule has 0 spiro atoms. The summed E-state index contributed by atoms with van der Waals surface area (Å²) >= 11 is 1.61. The molecule has 2 N–H and O–H groups in total. The van der Waals surface area contributed by atoms with Gasteiger partial charge in [0.1, 0.15) is 11.9 Å². The van der Waals surface area contributed by atoms with Gasteiger partial charge in [-0.05, 0) is 23.8 Å². The Morgan fingerprint density at radius 1 is 1.24 bits per heavy atom. The van der Waals surface area contributed by atoms with Gasteiger partial charge in [0.25, 0.3) is 0 Å². The number of hydrogen-bond donors (Lipinski definition) is 2. The Balaban J connectivity index is 1.69. The Labute approximate surface area is 148 Å². The van der Waals surface area contributed by atoms with Crippen molar-refractivity contribution in [3.8, 4) is 0 Å². The molecule has 0 saturated carbocycles. The number of nitrogens with one attached hydrogen (secondary N) is 1. The van der Waals surface area contributed by atoms with Crippen molar-refractivity contribution in [2.75, 3.05) is 5.75 Å². The third kappa shape index (κ3) is 3.15. The minimum atomic E-state index is -0.815. The van der Waals surface area contributed by atoms with Gasteiger partial charge in [-0.2, -0.15) is 0 Å². The van der Waals surface area contributed by atoms with Gasteiger partial charge in [-0.1, -0.05) is 30.3 Å². The maximum atomic E-state index is 13.1. The molecule has 0 aliphatic carbocycles. The lowest BCUT2D eigenvalue weighted by Gasteiger charge is -2.09. The van der Waals surface area contributed by atoms with Crippen molar-refractivity contribution < 1.29 is 14.3 Å². The minimum absolute atomic E-state index is 0.0412. The molecule has 0 amide bonds. The van der Waals surface area contributed by atoms with Gasteiger partial charge in [0.15, 0.2) is 0 Å². The van der Waals surface area contributed by atoms with Gasteiger partial charge in [0.2, 0.25) is 0 Å². The van der Waals surface area contributed by atoms with Gasteiger partial charge in [-0.25, -0.2) is 4.39 Å². The molecule has 0 unspecified atom stereocenters. The Kier molecular flexibility index (Phi) is 4.23. The van der Waals surface area contributed by atoms with Crippen LogP contribution in [0.2, 0.25) is 0 Å². The molecule has 25 heavy (non-hydrogen) atoms. The van der Waals surface area contributed by atoms with Crippen LogP contribution in [0.5, 0.6) is 0 Å². The van der Waals surface area contributed by atoms with E-state index in [1.807, 2.05) is 12.1 Å². The molecule has 2 atom stereocenters. The number of carboxylic acids is 1. The lowest BCUT2D eigenvalue weighted by molar-refractivity contribution is -0.138. The van der Waals surface area contributed by atoms with E-state index in [0.717, 1.165) is 22.0 Å². The van der Waals surface area contributed by atoms with E-state index in [0.29, 0.717) is 12.3 Å². The summed E-state index contributed by atoms with van der Waals surface area (Å²) in [5, 5.41) is 13.5. The number of thioether (sulfide) groups is 1. The maximum Gasteiger partial charge on any atom is 0.321 e. The fraction of sp³-hybridized carbons (Fsp3) is 0.211. The molecule has 0 bridgehead atoms. The predicted molar refractivity (Wildman–Crippen MR) is 97.2 cm³/mol. The van der Waals surface area contributed by atoms with E-state index in [4.69, 9.17) is 0 Å². The highest BCUT2D eigenvalue weighted by atomic mass is 32.2. The van der Waals surface area contributed by atoms with E-state index >= 15 is 0 Å². The van der Waals surface area contributed by atoms with Crippen molar-refractivity contribution in [2.45, 2.75) is 18.0 Å². The van der Waals surface area contributed by atoms with Crippen molar-refractivity contribution in [2.24, 2.45) is 0 Å². The van der Waals surface area contributed by atoms with Crippen molar-refractivity contribution in [1.82, 2.24) is 9.88 Å². The molecular formula is C19H17FN2O2S. The molecule has 1 aliphatic rings.